The van der Waals surface area contributed by atoms with E-state index in [4.69, 9.17) is 0 Å². The fourth-order valence-electron chi connectivity index (χ4n) is 1.90. The average molecular weight is 169 g/mol. The molecule has 1 amide bonds. The molecular weight excluding hydrogens is 150 g/mol. The number of carbonyl (C=O) groups excluding carboxylic acids is 1. The molecule has 70 valence electrons. The van der Waals surface area contributed by atoms with Crippen molar-refractivity contribution >= 4 is 5.91 Å². The van der Waals surface area contributed by atoms with Gasteiger partial charge in [0.1, 0.15) is 0 Å². The zero-order valence-electron chi connectivity index (χ0n) is 8.39. The van der Waals surface area contributed by atoms with Gasteiger partial charge in [-0.1, -0.05) is 26.7 Å². The Morgan fingerprint density at radius 2 is 2.17 bits per heavy atom. The second kappa shape index (κ2) is 3.46. The molecule has 0 bridgehead atoms. The third kappa shape index (κ3) is 1.62. The first-order valence-electron chi connectivity index (χ1n) is 4.94. The molecule has 2 heteroatoms. The van der Waals surface area contributed by atoms with Crippen molar-refractivity contribution < 1.29 is 4.79 Å². The fourth-order valence-corrected chi connectivity index (χ4v) is 1.90. The van der Waals surface area contributed by atoms with Crippen molar-refractivity contribution in [2.24, 2.45) is 0 Å². The summed E-state index contributed by atoms with van der Waals surface area (Å²) in [5.41, 5.74) is 0.266. The van der Waals surface area contributed by atoms with Gasteiger partial charge in [-0.2, -0.15) is 0 Å². The van der Waals surface area contributed by atoms with E-state index in [-0.39, 0.29) is 11.4 Å². The molecule has 0 radical (unpaired) electrons. The molecule has 1 heterocycles. The number of hydrogen-bond donors (Lipinski definition) is 0. The molecule has 0 aromatic rings. The molecule has 2 nitrogen and oxygen atoms in total. The van der Waals surface area contributed by atoms with Crippen LogP contribution in [-0.4, -0.2) is 22.9 Å². The molecule has 1 unspecified atom stereocenters. The van der Waals surface area contributed by atoms with Crippen molar-refractivity contribution in [1.29, 1.82) is 0 Å². The van der Waals surface area contributed by atoms with E-state index in [0.717, 1.165) is 13.0 Å². The fraction of sp³-hybridized carbons (Fsp3) is 0.900. The standard InChI is InChI=1S/C10H19NO/c1-4-6-7-10(5-2)8-11(10)9(3)12/h4-8H2,1-3H3. The van der Waals surface area contributed by atoms with Crippen LogP contribution >= 0.6 is 0 Å². The maximum atomic E-state index is 11.1. The van der Waals surface area contributed by atoms with Crippen molar-refractivity contribution in [2.75, 3.05) is 6.54 Å². The first kappa shape index (κ1) is 9.56. The van der Waals surface area contributed by atoms with Crippen LogP contribution < -0.4 is 0 Å². The maximum Gasteiger partial charge on any atom is 0.220 e. The Morgan fingerprint density at radius 3 is 2.50 bits per heavy atom. The highest BCUT2D eigenvalue weighted by atomic mass is 16.2. The summed E-state index contributed by atoms with van der Waals surface area (Å²) in [5, 5.41) is 0. The molecule has 0 saturated carbocycles. The lowest BCUT2D eigenvalue weighted by Crippen LogP contribution is -2.20. The predicted molar refractivity (Wildman–Crippen MR) is 49.9 cm³/mol. The molecule has 0 aromatic carbocycles. The first-order chi connectivity index (χ1) is 5.66. The summed E-state index contributed by atoms with van der Waals surface area (Å²) in [4.78, 5) is 13.1. The van der Waals surface area contributed by atoms with E-state index in [9.17, 15) is 4.79 Å². The summed E-state index contributed by atoms with van der Waals surface area (Å²) in [5.74, 6) is 0.243. The summed E-state index contributed by atoms with van der Waals surface area (Å²) in [6.07, 6.45) is 4.79. The van der Waals surface area contributed by atoms with E-state index >= 15 is 0 Å². The van der Waals surface area contributed by atoms with Crippen LogP contribution in [0.3, 0.4) is 0 Å². The van der Waals surface area contributed by atoms with Gasteiger partial charge in [-0.25, -0.2) is 0 Å². The van der Waals surface area contributed by atoms with Crippen LogP contribution in [0, 0.1) is 0 Å². The zero-order valence-corrected chi connectivity index (χ0v) is 8.39. The molecule has 0 N–H and O–H groups in total. The Bertz CT molecular complexity index is 179. The Balaban J connectivity index is 2.41. The molecule has 1 rings (SSSR count). The third-order valence-corrected chi connectivity index (χ3v) is 2.96. The quantitative estimate of drug-likeness (QED) is 0.591. The highest BCUT2D eigenvalue weighted by Gasteiger charge is 2.50. The minimum atomic E-state index is 0.243. The van der Waals surface area contributed by atoms with Crippen LogP contribution in [0.5, 0.6) is 0 Å². The van der Waals surface area contributed by atoms with Crippen LogP contribution in [-0.2, 0) is 4.79 Å². The molecule has 0 aliphatic carbocycles. The average Bonchev–Trinajstić information content (AvgIpc) is 2.77. The molecule has 1 fully saturated rings. The van der Waals surface area contributed by atoms with Crippen molar-refractivity contribution in [3.05, 3.63) is 0 Å². The van der Waals surface area contributed by atoms with Crippen LogP contribution in [0.4, 0.5) is 0 Å². The van der Waals surface area contributed by atoms with E-state index in [1.54, 1.807) is 6.92 Å². The lowest BCUT2D eigenvalue weighted by molar-refractivity contribution is -0.124. The van der Waals surface area contributed by atoms with Crippen molar-refractivity contribution in [3.63, 3.8) is 0 Å². The number of amides is 1. The van der Waals surface area contributed by atoms with E-state index in [1.807, 2.05) is 4.90 Å². The monoisotopic (exact) mass is 169 g/mol. The Hall–Kier alpha value is -0.530. The Labute approximate surface area is 74.9 Å². The van der Waals surface area contributed by atoms with E-state index in [0.29, 0.717) is 0 Å². The molecule has 0 spiro atoms. The van der Waals surface area contributed by atoms with Crippen molar-refractivity contribution in [3.8, 4) is 0 Å². The highest BCUT2D eigenvalue weighted by Crippen LogP contribution is 2.39. The summed E-state index contributed by atoms with van der Waals surface area (Å²) >= 11 is 0. The van der Waals surface area contributed by atoms with Gasteiger partial charge in [0.15, 0.2) is 0 Å². The van der Waals surface area contributed by atoms with Gasteiger partial charge in [-0.3, -0.25) is 4.79 Å². The second-order valence-electron chi connectivity index (χ2n) is 3.79. The van der Waals surface area contributed by atoms with Gasteiger partial charge in [0, 0.05) is 13.5 Å². The molecule has 1 saturated heterocycles. The van der Waals surface area contributed by atoms with Gasteiger partial charge >= 0.3 is 0 Å². The topological polar surface area (TPSA) is 20.1 Å². The number of carbonyl (C=O) groups is 1. The zero-order chi connectivity index (χ0) is 9.19. The van der Waals surface area contributed by atoms with Gasteiger partial charge in [0.2, 0.25) is 5.91 Å². The molecule has 1 atom stereocenters. The summed E-state index contributed by atoms with van der Waals surface area (Å²) in [6, 6.07) is 0. The van der Waals surface area contributed by atoms with Crippen LogP contribution in [0.15, 0.2) is 0 Å². The lowest BCUT2D eigenvalue weighted by Gasteiger charge is -2.13. The molecule has 1 aliphatic heterocycles. The maximum absolute atomic E-state index is 11.1. The smallest absolute Gasteiger partial charge is 0.220 e. The molecule has 1 aliphatic rings. The predicted octanol–water partition coefficient (Wildman–Crippen LogP) is 2.19. The number of hydrogen-bond acceptors (Lipinski definition) is 1. The molecule has 12 heavy (non-hydrogen) atoms. The number of nitrogens with zero attached hydrogens (tertiary/aromatic N) is 1. The Kier molecular flexibility index (Phi) is 2.76. The SMILES string of the molecule is CCCCC1(CC)CN1C(C)=O. The van der Waals surface area contributed by atoms with Crippen LogP contribution in [0.2, 0.25) is 0 Å². The van der Waals surface area contributed by atoms with E-state index in [1.165, 1.54) is 19.3 Å². The van der Waals surface area contributed by atoms with Crippen molar-refractivity contribution in [2.45, 2.75) is 52.0 Å². The van der Waals surface area contributed by atoms with Gasteiger partial charge in [-0.15, -0.1) is 0 Å². The second-order valence-corrected chi connectivity index (χ2v) is 3.79. The van der Waals surface area contributed by atoms with Crippen LogP contribution in [0.1, 0.15) is 46.5 Å². The molecular formula is C10H19NO. The number of rotatable bonds is 4. The molecule has 0 aromatic heterocycles. The van der Waals surface area contributed by atoms with E-state index in [2.05, 4.69) is 13.8 Å². The summed E-state index contributed by atoms with van der Waals surface area (Å²) in [6.45, 7) is 7.05. The van der Waals surface area contributed by atoms with Gasteiger partial charge in [0.05, 0.1) is 5.54 Å². The van der Waals surface area contributed by atoms with Gasteiger partial charge in [0.25, 0.3) is 0 Å². The van der Waals surface area contributed by atoms with E-state index < -0.39 is 0 Å². The van der Waals surface area contributed by atoms with Gasteiger partial charge < -0.3 is 4.90 Å². The summed E-state index contributed by atoms with van der Waals surface area (Å²) in [7, 11) is 0. The largest absolute Gasteiger partial charge is 0.333 e. The van der Waals surface area contributed by atoms with Gasteiger partial charge in [-0.05, 0) is 12.8 Å². The normalized spacial score (nSPS) is 27.4. The third-order valence-electron chi connectivity index (χ3n) is 2.96. The van der Waals surface area contributed by atoms with Crippen LogP contribution in [0.25, 0.3) is 0 Å². The number of unbranched alkanes of at least 4 members (excludes halogenated alkanes) is 1. The lowest BCUT2D eigenvalue weighted by atomic mass is 9.99. The Morgan fingerprint density at radius 1 is 1.50 bits per heavy atom. The summed E-state index contributed by atoms with van der Waals surface area (Å²) < 4.78 is 0. The minimum Gasteiger partial charge on any atom is -0.333 e. The minimum absolute atomic E-state index is 0.243. The van der Waals surface area contributed by atoms with Crippen molar-refractivity contribution in [1.82, 2.24) is 4.90 Å². The highest BCUT2D eigenvalue weighted by molar-refractivity contribution is 5.77. The first-order valence-corrected chi connectivity index (χ1v) is 4.94.